The first-order valence-corrected chi connectivity index (χ1v) is 6.83. The second-order valence-electron chi connectivity index (χ2n) is 4.72. The van der Waals surface area contributed by atoms with Crippen molar-refractivity contribution >= 4 is 23.2 Å². The van der Waals surface area contributed by atoms with E-state index < -0.39 is 0 Å². The average molecular weight is 301 g/mol. The summed E-state index contributed by atoms with van der Waals surface area (Å²) in [6, 6.07) is 7.17. The molecule has 0 unspecified atom stereocenters. The van der Waals surface area contributed by atoms with Gasteiger partial charge in [0.05, 0.1) is 22.8 Å². The van der Waals surface area contributed by atoms with E-state index in [1.807, 2.05) is 29.7 Å². The maximum Gasteiger partial charge on any atom is 0.253 e. The number of fused-ring (bicyclic) bond motifs is 1. The standard InChI is InChI=1S/C15H13ClN4O/c1-10-2-3-11(6-17-10)15(21)18-7-13-9-20-8-12(16)4-5-14(20)19-13/h2-6,8-9H,7H2,1H3,(H,18,21). The van der Waals surface area contributed by atoms with Gasteiger partial charge in [0, 0.05) is 24.3 Å². The Balaban J connectivity index is 1.71. The van der Waals surface area contributed by atoms with Gasteiger partial charge in [0.1, 0.15) is 5.65 Å². The third kappa shape index (κ3) is 3.03. The van der Waals surface area contributed by atoms with Gasteiger partial charge in [0.15, 0.2) is 0 Å². The number of nitrogens with one attached hydrogen (secondary N) is 1. The minimum absolute atomic E-state index is 0.169. The van der Waals surface area contributed by atoms with Crippen LogP contribution in [0.25, 0.3) is 5.65 Å². The molecule has 0 spiro atoms. The van der Waals surface area contributed by atoms with Crippen LogP contribution in [0.15, 0.2) is 42.9 Å². The van der Waals surface area contributed by atoms with Crippen molar-refractivity contribution in [2.45, 2.75) is 13.5 Å². The number of hydrogen-bond donors (Lipinski definition) is 1. The Morgan fingerprint density at radius 1 is 1.29 bits per heavy atom. The van der Waals surface area contributed by atoms with E-state index in [1.165, 1.54) is 0 Å². The molecule has 3 aromatic heterocycles. The molecule has 0 aliphatic heterocycles. The topological polar surface area (TPSA) is 59.3 Å². The molecule has 106 valence electrons. The maximum absolute atomic E-state index is 12.0. The summed E-state index contributed by atoms with van der Waals surface area (Å²) in [5, 5.41) is 3.46. The lowest BCUT2D eigenvalue weighted by atomic mass is 10.2. The Bertz CT molecular complexity index is 795. The number of carbonyl (C=O) groups is 1. The number of pyridine rings is 2. The molecular weight excluding hydrogens is 288 g/mol. The van der Waals surface area contributed by atoms with Gasteiger partial charge < -0.3 is 9.72 Å². The highest BCUT2D eigenvalue weighted by Crippen LogP contribution is 2.11. The first-order valence-electron chi connectivity index (χ1n) is 6.46. The van der Waals surface area contributed by atoms with Crippen LogP contribution in [0, 0.1) is 6.92 Å². The van der Waals surface area contributed by atoms with Crippen LogP contribution in [0.1, 0.15) is 21.7 Å². The molecular formula is C15H13ClN4O. The van der Waals surface area contributed by atoms with E-state index >= 15 is 0 Å². The van der Waals surface area contributed by atoms with E-state index in [0.717, 1.165) is 17.0 Å². The Morgan fingerprint density at radius 3 is 2.90 bits per heavy atom. The van der Waals surface area contributed by atoms with Crippen LogP contribution in [0.4, 0.5) is 0 Å². The number of hydrogen-bond acceptors (Lipinski definition) is 3. The van der Waals surface area contributed by atoms with Crippen LogP contribution < -0.4 is 5.32 Å². The molecule has 3 aromatic rings. The van der Waals surface area contributed by atoms with Crippen LogP contribution in [0.5, 0.6) is 0 Å². The summed E-state index contributed by atoms with van der Waals surface area (Å²) in [4.78, 5) is 20.5. The molecule has 0 bridgehead atoms. The molecule has 5 nitrogen and oxygen atoms in total. The molecule has 21 heavy (non-hydrogen) atoms. The Morgan fingerprint density at radius 2 is 2.14 bits per heavy atom. The molecule has 0 atom stereocenters. The number of carbonyl (C=O) groups excluding carboxylic acids is 1. The predicted octanol–water partition coefficient (Wildman–Crippen LogP) is 2.62. The van der Waals surface area contributed by atoms with E-state index in [9.17, 15) is 4.79 Å². The van der Waals surface area contributed by atoms with Gasteiger partial charge in [0.2, 0.25) is 0 Å². The van der Waals surface area contributed by atoms with Crippen molar-refractivity contribution in [3.63, 3.8) is 0 Å². The number of halogens is 1. The molecule has 0 aliphatic rings. The van der Waals surface area contributed by atoms with Crippen LogP contribution >= 0.6 is 11.6 Å². The van der Waals surface area contributed by atoms with Gasteiger partial charge in [-0.25, -0.2) is 4.98 Å². The molecule has 0 saturated heterocycles. The van der Waals surface area contributed by atoms with Crippen molar-refractivity contribution in [3.05, 3.63) is 64.8 Å². The van der Waals surface area contributed by atoms with Crippen LogP contribution in [-0.4, -0.2) is 20.3 Å². The van der Waals surface area contributed by atoms with Gasteiger partial charge in [-0.3, -0.25) is 9.78 Å². The highest BCUT2D eigenvalue weighted by molar-refractivity contribution is 6.30. The van der Waals surface area contributed by atoms with Gasteiger partial charge >= 0.3 is 0 Å². The lowest BCUT2D eigenvalue weighted by Crippen LogP contribution is -2.23. The van der Waals surface area contributed by atoms with Gasteiger partial charge in [0.25, 0.3) is 5.91 Å². The second kappa shape index (κ2) is 5.54. The van der Waals surface area contributed by atoms with E-state index in [0.29, 0.717) is 17.1 Å². The Labute approximate surface area is 126 Å². The summed E-state index contributed by atoms with van der Waals surface area (Å²) < 4.78 is 1.83. The number of imidazole rings is 1. The summed E-state index contributed by atoms with van der Waals surface area (Å²) in [5.74, 6) is -0.169. The summed E-state index contributed by atoms with van der Waals surface area (Å²) in [6.45, 7) is 2.23. The van der Waals surface area contributed by atoms with Gasteiger partial charge in [-0.05, 0) is 31.2 Å². The maximum atomic E-state index is 12.0. The fourth-order valence-corrected chi connectivity index (χ4v) is 2.15. The number of aryl methyl sites for hydroxylation is 1. The molecule has 1 amide bonds. The van der Waals surface area contributed by atoms with Gasteiger partial charge in [-0.1, -0.05) is 11.6 Å². The lowest BCUT2D eigenvalue weighted by Gasteiger charge is -2.02. The highest BCUT2D eigenvalue weighted by atomic mass is 35.5. The zero-order chi connectivity index (χ0) is 14.8. The summed E-state index contributed by atoms with van der Waals surface area (Å²) in [7, 11) is 0. The number of amides is 1. The fraction of sp³-hybridized carbons (Fsp3) is 0.133. The van der Waals surface area contributed by atoms with E-state index in [4.69, 9.17) is 11.6 Å². The zero-order valence-corrected chi connectivity index (χ0v) is 12.1. The number of aromatic nitrogens is 3. The molecule has 0 radical (unpaired) electrons. The first kappa shape index (κ1) is 13.6. The van der Waals surface area contributed by atoms with E-state index in [-0.39, 0.29) is 5.91 Å². The molecule has 0 aliphatic carbocycles. The van der Waals surface area contributed by atoms with E-state index in [1.54, 1.807) is 24.5 Å². The minimum atomic E-state index is -0.169. The average Bonchev–Trinajstić information content (AvgIpc) is 2.87. The summed E-state index contributed by atoms with van der Waals surface area (Å²) >= 11 is 5.92. The fourth-order valence-electron chi connectivity index (χ4n) is 1.98. The highest BCUT2D eigenvalue weighted by Gasteiger charge is 2.07. The van der Waals surface area contributed by atoms with Gasteiger partial charge in [-0.15, -0.1) is 0 Å². The predicted molar refractivity (Wildman–Crippen MR) is 80.3 cm³/mol. The van der Waals surface area contributed by atoms with Crippen molar-refractivity contribution in [1.29, 1.82) is 0 Å². The molecule has 3 rings (SSSR count). The third-order valence-corrected chi connectivity index (χ3v) is 3.29. The quantitative estimate of drug-likeness (QED) is 0.809. The zero-order valence-electron chi connectivity index (χ0n) is 11.4. The number of rotatable bonds is 3. The second-order valence-corrected chi connectivity index (χ2v) is 5.15. The molecule has 1 N–H and O–H groups in total. The SMILES string of the molecule is Cc1ccc(C(=O)NCc2cn3cc(Cl)ccc3n2)cn1. The smallest absolute Gasteiger partial charge is 0.253 e. The van der Waals surface area contributed by atoms with Crippen molar-refractivity contribution in [3.8, 4) is 0 Å². The first-order chi connectivity index (χ1) is 10.1. The van der Waals surface area contributed by atoms with E-state index in [2.05, 4.69) is 15.3 Å². The Kier molecular flexibility index (Phi) is 3.58. The minimum Gasteiger partial charge on any atom is -0.346 e. The van der Waals surface area contributed by atoms with Crippen LogP contribution in [0.3, 0.4) is 0 Å². The van der Waals surface area contributed by atoms with Crippen LogP contribution in [0.2, 0.25) is 5.02 Å². The third-order valence-electron chi connectivity index (χ3n) is 3.07. The molecule has 0 fully saturated rings. The van der Waals surface area contributed by atoms with Gasteiger partial charge in [-0.2, -0.15) is 0 Å². The monoisotopic (exact) mass is 300 g/mol. The number of nitrogens with zero attached hydrogens (tertiary/aromatic N) is 3. The van der Waals surface area contributed by atoms with Crippen molar-refractivity contribution in [2.75, 3.05) is 0 Å². The van der Waals surface area contributed by atoms with Crippen molar-refractivity contribution in [2.24, 2.45) is 0 Å². The summed E-state index contributed by atoms with van der Waals surface area (Å²) in [5.41, 5.74) is 2.97. The molecule has 6 heteroatoms. The normalized spacial score (nSPS) is 10.8. The largest absolute Gasteiger partial charge is 0.346 e. The summed E-state index contributed by atoms with van der Waals surface area (Å²) in [6.07, 6.45) is 5.18. The molecule has 0 saturated carbocycles. The Hall–Kier alpha value is -2.40. The lowest BCUT2D eigenvalue weighted by molar-refractivity contribution is 0.0950. The van der Waals surface area contributed by atoms with Crippen molar-refractivity contribution < 1.29 is 4.79 Å². The molecule has 3 heterocycles. The van der Waals surface area contributed by atoms with Crippen LogP contribution in [-0.2, 0) is 6.54 Å². The van der Waals surface area contributed by atoms with Crippen molar-refractivity contribution in [1.82, 2.24) is 19.7 Å². The molecule has 0 aromatic carbocycles.